The molecular weight excluding hydrogens is 440 g/mol. The fraction of sp³-hybridized carbons (Fsp3) is 0.536. The van der Waals surface area contributed by atoms with Gasteiger partial charge in [-0.1, -0.05) is 12.1 Å². The van der Waals surface area contributed by atoms with Crippen LogP contribution in [-0.4, -0.2) is 62.4 Å². The average molecular weight is 481 g/mol. The minimum atomic E-state index is -0.131. The van der Waals surface area contributed by atoms with Gasteiger partial charge >= 0.3 is 6.03 Å². The molecule has 2 aliphatic rings. The maximum atomic E-state index is 12.5. The van der Waals surface area contributed by atoms with Crippen LogP contribution in [0.5, 0.6) is 11.5 Å². The summed E-state index contributed by atoms with van der Waals surface area (Å²) in [6.45, 7) is 10.3. The van der Waals surface area contributed by atoms with E-state index in [2.05, 4.69) is 52.5 Å². The van der Waals surface area contributed by atoms with E-state index in [4.69, 9.17) is 9.47 Å². The number of para-hydroxylation sites is 2. The van der Waals surface area contributed by atoms with Crippen molar-refractivity contribution in [3.05, 3.63) is 48.0 Å². The molecule has 1 saturated heterocycles. The van der Waals surface area contributed by atoms with Gasteiger partial charge in [-0.05, 0) is 82.3 Å². The van der Waals surface area contributed by atoms with Crippen LogP contribution < -0.4 is 25.0 Å². The summed E-state index contributed by atoms with van der Waals surface area (Å²) in [5.41, 5.74) is 2.99. The smallest absolute Gasteiger partial charge is 0.319 e. The number of hydrogen-bond donors (Lipinski definition) is 2. The first kappa shape index (κ1) is 25.2. The summed E-state index contributed by atoms with van der Waals surface area (Å²) in [7, 11) is 1.65. The number of urea groups is 1. The maximum absolute atomic E-state index is 12.5. The number of amides is 2. The van der Waals surface area contributed by atoms with E-state index in [1.807, 2.05) is 31.2 Å². The van der Waals surface area contributed by atoms with E-state index in [1.54, 1.807) is 7.11 Å². The number of carbonyl (C=O) groups is 1. The predicted molar refractivity (Wildman–Crippen MR) is 142 cm³/mol. The molecule has 4 rings (SSSR count). The number of aryl methyl sites for hydroxylation is 1. The predicted octanol–water partition coefficient (Wildman–Crippen LogP) is 5.05. The van der Waals surface area contributed by atoms with Gasteiger partial charge in [0.25, 0.3) is 0 Å². The van der Waals surface area contributed by atoms with Crippen LogP contribution in [0.25, 0.3) is 0 Å². The minimum Gasteiger partial charge on any atom is -0.496 e. The first-order valence-corrected chi connectivity index (χ1v) is 12.9. The molecule has 0 bridgehead atoms. The number of hydrogen-bond acceptors (Lipinski definition) is 5. The molecule has 7 heteroatoms. The lowest BCUT2D eigenvalue weighted by Crippen LogP contribution is -2.52. The molecule has 0 aromatic heterocycles. The van der Waals surface area contributed by atoms with E-state index in [0.717, 1.165) is 74.6 Å². The normalized spacial score (nSPS) is 21.0. The molecule has 2 fully saturated rings. The molecule has 2 aromatic rings. The van der Waals surface area contributed by atoms with E-state index in [-0.39, 0.29) is 18.2 Å². The lowest BCUT2D eigenvalue weighted by Gasteiger charge is -2.43. The molecule has 0 spiro atoms. The standard InChI is InChI=1S/C28H40N4O3/c1-20(2)35-27-8-6-5-7-25(27)32-17-15-31(16-18-32)24-12-9-22(10-13-24)29-28(33)30-23-11-14-26(34-4)21(3)19-23/h5-8,11,14,19-20,22,24H,9-10,12-13,15-18H2,1-4H3,(H2,29,30,33)/t22-,24-. The van der Waals surface area contributed by atoms with Gasteiger partial charge < -0.3 is 25.0 Å². The van der Waals surface area contributed by atoms with Gasteiger partial charge in [0, 0.05) is 44.0 Å². The number of benzene rings is 2. The van der Waals surface area contributed by atoms with Crippen molar-refractivity contribution in [1.29, 1.82) is 0 Å². The van der Waals surface area contributed by atoms with E-state index in [1.165, 1.54) is 5.69 Å². The summed E-state index contributed by atoms with van der Waals surface area (Å²) in [5.74, 6) is 1.80. The molecular formula is C28H40N4O3. The second kappa shape index (κ2) is 11.7. The van der Waals surface area contributed by atoms with Gasteiger partial charge in [0.1, 0.15) is 11.5 Å². The third kappa shape index (κ3) is 6.60. The van der Waals surface area contributed by atoms with Crippen molar-refractivity contribution >= 4 is 17.4 Å². The lowest BCUT2D eigenvalue weighted by atomic mass is 9.90. The van der Waals surface area contributed by atoms with Crippen LogP contribution in [0.3, 0.4) is 0 Å². The SMILES string of the molecule is COc1ccc(NC(=O)N[C@H]2CC[C@H](N3CCN(c4ccccc4OC(C)C)CC3)CC2)cc1C. The van der Waals surface area contributed by atoms with Crippen LogP contribution in [0.15, 0.2) is 42.5 Å². The molecule has 0 radical (unpaired) electrons. The number of piperazine rings is 1. The molecule has 0 unspecified atom stereocenters. The second-order valence-electron chi connectivity index (χ2n) is 9.95. The number of ether oxygens (including phenoxy) is 2. The monoisotopic (exact) mass is 480 g/mol. The first-order chi connectivity index (χ1) is 16.9. The van der Waals surface area contributed by atoms with Gasteiger partial charge in [-0.2, -0.15) is 0 Å². The van der Waals surface area contributed by atoms with Crippen molar-refractivity contribution < 1.29 is 14.3 Å². The Kier molecular flexibility index (Phi) is 8.39. The van der Waals surface area contributed by atoms with Crippen LogP contribution >= 0.6 is 0 Å². The first-order valence-electron chi connectivity index (χ1n) is 12.9. The van der Waals surface area contributed by atoms with Crippen LogP contribution in [0.2, 0.25) is 0 Å². The summed E-state index contributed by atoms with van der Waals surface area (Å²) in [5, 5.41) is 6.13. The number of rotatable bonds is 7. The summed E-state index contributed by atoms with van der Waals surface area (Å²) in [6.07, 6.45) is 4.46. The Balaban J connectivity index is 1.21. The molecule has 1 aliphatic carbocycles. The Bertz CT molecular complexity index is 980. The van der Waals surface area contributed by atoms with Gasteiger partial charge in [0.2, 0.25) is 0 Å². The minimum absolute atomic E-state index is 0.131. The van der Waals surface area contributed by atoms with Gasteiger partial charge in [-0.15, -0.1) is 0 Å². The average Bonchev–Trinajstić information content (AvgIpc) is 2.85. The van der Waals surface area contributed by atoms with Crippen LogP contribution in [0, 0.1) is 6.92 Å². The molecule has 0 atom stereocenters. The fourth-order valence-corrected chi connectivity index (χ4v) is 5.29. The largest absolute Gasteiger partial charge is 0.496 e. The Morgan fingerprint density at radius 1 is 0.971 bits per heavy atom. The third-order valence-corrected chi connectivity index (χ3v) is 7.08. The Labute approximate surface area is 209 Å². The highest BCUT2D eigenvalue weighted by Crippen LogP contribution is 2.31. The number of carbonyl (C=O) groups excluding carboxylic acids is 1. The Morgan fingerprint density at radius 3 is 2.34 bits per heavy atom. The molecule has 35 heavy (non-hydrogen) atoms. The third-order valence-electron chi connectivity index (χ3n) is 7.08. The zero-order valence-corrected chi connectivity index (χ0v) is 21.5. The molecule has 1 saturated carbocycles. The van der Waals surface area contributed by atoms with E-state index in [0.29, 0.717) is 6.04 Å². The topological polar surface area (TPSA) is 66.1 Å². The van der Waals surface area contributed by atoms with Crippen molar-refractivity contribution in [2.24, 2.45) is 0 Å². The second-order valence-corrected chi connectivity index (χ2v) is 9.95. The molecule has 2 aromatic carbocycles. The van der Waals surface area contributed by atoms with E-state index < -0.39 is 0 Å². The Morgan fingerprint density at radius 2 is 1.69 bits per heavy atom. The van der Waals surface area contributed by atoms with Crippen LogP contribution in [-0.2, 0) is 0 Å². The van der Waals surface area contributed by atoms with Crippen LogP contribution in [0.1, 0.15) is 45.1 Å². The summed E-state index contributed by atoms with van der Waals surface area (Å²) < 4.78 is 11.3. The maximum Gasteiger partial charge on any atom is 0.319 e. The van der Waals surface area contributed by atoms with Crippen molar-refractivity contribution in [3.63, 3.8) is 0 Å². The lowest BCUT2D eigenvalue weighted by molar-refractivity contribution is 0.137. The summed E-state index contributed by atoms with van der Waals surface area (Å²) in [4.78, 5) is 17.6. The summed E-state index contributed by atoms with van der Waals surface area (Å²) >= 11 is 0. The van der Waals surface area contributed by atoms with Crippen LogP contribution in [0.4, 0.5) is 16.2 Å². The molecule has 190 valence electrons. The zero-order chi connectivity index (χ0) is 24.8. The highest BCUT2D eigenvalue weighted by atomic mass is 16.5. The fourth-order valence-electron chi connectivity index (χ4n) is 5.29. The molecule has 7 nitrogen and oxygen atoms in total. The van der Waals surface area contributed by atoms with E-state index in [9.17, 15) is 4.79 Å². The van der Waals surface area contributed by atoms with Crippen molar-refractivity contribution in [2.75, 3.05) is 43.5 Å². The number of nitrogens with one attached hydrogen (secondary N) is 2. The Hall–Kier alpha value is -2.93. The molecule has 1 aliphatic heterocycles. The summed E-state index contributed by atoms with van der Waals surface area (Å²) in [6, 6.07) is 14.8. The molecule has 1 heterocycles. The quantitative estimate of drug-likeness (QED) is 0.581. The zero-order valence-electron chi connectivity index (χ0n) is 21.5. The number of anilines is 2. The molecule has 2 N–H and O–H groups in total. The van der Waals surface area contributed by atoms with Gasteiger partial charge in [0.05, 0.1) is 18.9 Å². The number of nitrogens with zero attached hydrogens (tertiary/aromatic N) is 2. The van der Waals surface area contributed by atoms with Gasteiger partial charge in [0.15, 0.2) is 0 Å². The van der Waals surface area contributed by atoms with Gasteiger partial charge in [-0.25, -0.2) is 4.79 Å². The highest BCUT2D eigenvalue weighted by Gasteiger charge is 2.29. The van der Waals surface area contributed by atoms with Crippen molar-refractivity contribution in [2.45, 2.75) is 64.6 Å². The van der Waals surface area contributed by atoms with Crippen molar-refractivity contribution in [3.8, 4) is 11.5 Å². The highest BCUT2D eigenvalue weighted by molar-refractivity contribution is 5.89. The van der Waals surface area contributed by atoms with Crippen molar-refractivity contribution in [1.82, 2.24) is 10.2 Å². The number of methoxy groups -OCH3 is 1. The molecule has 2 amide bonds. The van der Waals surface area contributed by atoms with E-state index >= 15 is 0 Å². The van der Waals surface area contributed by atoms with Gasteiger partial charge in [-0.3, -0.25) is 4.90 Å².